The summed E-state index contributed by atoms with van der Waals surface area (Å²) in [5.41, 5.74) is 3.05. The predicted octanol–water partition coefficient (Wildman–Crippen LogP) is 2.70. The fourth-order valence-electron chi connectivity index (χ4n) is 1.98. The lowest BCUT2D eigenvalue weighted by atomic mass is 10.2. The van der Waals surface area contributed by atoms with Gasteiger partial charge in [-0.3, -0.25) is 4.98 Å². The van der Waals surface area contributed by atoms with Crippen molar-refractivity contribution in [3.05, 3.63) is 53.3 Å². The van der Waals surface area contributed by atoms with Gasteiger partial charge in [-0.05, 0) is 43.8 Å². The summed E-state index contributed by atoms with van der Waals surface area (Å²) in [4.78, 5) is 4.41. The van der Waals surface area contributed by atoms with Crippen LogP contribution in [-0.2, 0) is 13.2 Å². The third-order valence-electron chi connectivity index (χ3n) is 2.93. The van der Waals surface area contributed by atoms with Crippen molar-refractivity contribution in [2.45, 2.75) is 20.1 Å². The van der Waals surface area contributed by atoms with E-state index in [0.29, 0.717) is 6.61 Å². The summed E-state index contributed by atoms with van der Waals surface area (Å²) in [5.74, 6) is 1.47. The highest BCUT2D eigenvalue weighted by Crippen LogP contribution is 2.28. The highest BCUT2D eigenvalue weighted by molar-refractivity contribution is 5.43. The molecular formula is C16H20N2O2. The number of hydrogen-bond acceptors (Lipinski definition) is 4. The second kappa shape index (κ2) is 6.91. The molecule has 20 heavy (non-hydrogen) atoms. The second-order valence-electron chi connectivity index (χ2n) is 4.57. The van der Waals surface area contributed by atoms with E-state index in [1.54, 1.807) is 7.11 Å². The van der Waals surface area contributed by atoms with Gasteiger partial charge < -0.3 is 14.8 Å². The molecule has 1 heterocycles. The maximum Gasteiger partial charge on any atom is 0.161 e. The molecule has 0 aliphatic heterocycles. The Labute approximate surface area is 119 Å². The van der Waals surface area contributed by atoms with E-state index in [1.165, 1.54) is 0 Å². The standard InChI is InChI=1S/C16H20N2O2/c1-12-5-4-6-14(18-12)11-20-15-8-7-13(10-17-2)9-16(15)19-3/h4-9,17H,10-11H2,1-3H3. The number of hydrogen-bond donors (Lipinski definition) is 1. The summed E-state index contributed by atoms with van der Waals surface area (Å²) >= 11 is 0. The van der Waals surface area contributed by atoms with Crippen molar-refractivity contribution in [2.24, 2.45) is 0 Å². The fraction of sp³-hybridized carbons (Fsp3) is 0.312. The van der Waals surface area contributed by atoms with E-state index in [2.05, 4.69) is 10.3 Å². The Morgan fingerprint density at radius 3 is 2.70 bits per heavy atom. The van der Waals surface area contributed by atoms with Crippen LogP contribution in [0.5, 0.6) is 11.5 Å². The molecule has 1 aromatic heterocycles. The minimum absolute atomic E-state index is 0.434. The first kappa shape index (κ1) is 14.3. The Bertz CT molecular complexity index is 570. The fourth-order valence-corrected chi connectivity index (χ4v) is 1.98. The lowest BCUT2D eigenvalue weighted by Gasteiger charge is -2.12. The van der Waals surface area contributed by atoms with Crippen molar-refractivity contribution in [1.29, 1.82) is 0 Å². The Kier molecular flexibility index (Phi) is 4.96. The van der Waals surface area contributed by atoms with Gasteiger partial charge in [0.15, 0.2) is 11.5 Å². The highest BCUT2D eigenvalue weighted by Gasteiger charge is 2.06. The third-order valence-corrected chi connectivity index (χ3v) is 2.93. The minimum Gasteiger partial charge on any atom is -0.493 e. The number of nitrogens with zero attached hydrogens (tertiary/aromatic N) is 1. The van der Waals surface area contributed by atoms with E-state index in [1.807, 2.05) is 50.4 Å². The van der Waals surface area contributed by atoms with Gasteiger partial charge >= 0.3 is 0 Å². The van der Waals surface area contributed by atoms with Crippen molar-refractivity contribution >= 4 is 0 Å². The molecule has 106 valence electrons. The number of ether oxygens (including phenoxy) is 2. The normalized spacial score (nSPS) is 10.3. The van der Waals surface area contributed by atoms with Crippen LogP contribution in [-0.4, -0.2) is 19.1 Å². The monoisotopic (exact) mass is 272 g/mol. The van der Waals surface area contributed by atoms with Gasteiger partial charge in [0.05, 0.1) is 12.8 Å². The average molecular weight is 272 g/mol. The molecule has 4 heteroatoms. The molecule has 4 nitrogen and oxygen atoms in total. The van der Waals surface area contributed by atoms with E-state index in [-0.39, 0.29) is 0 Å². The molecule has 2 rings (SSSR count). The first-order valence-electron chi connectivity index (χ1n) is 6.60. The van der Waals surface area contributed by atoms with Gasteiger partial charge in [0.1, 0.15) is 6.61 Å². The van der Waals surface area contributed by atoms with Gasteiger partial charge in [-0.25, -0.2) is 0 Å². The number of rotatable bonds is 6. The first-order valence-corrected chi connectivity index (χ1v) is 6.60. The van der Waals surface area contributed by atoms with Crippen LogP contribution in [0.25, 0.3) is 0 Å². The molecule has 0 amide bonds. The quantitative estimate of drug-likeness (QED) is 0.878. The number of nitrogens with one attached hydrogen (secondary N) is 1. The van der Waals surface area contributed by atoms with Gasteiger partial charge in [0.25, 0.3) is 0 Å². The van der Waals surface area contributed by atoms with Crippen molar-refractivity contribution in [3.63, 3.8) is 0 Å². The van der Waals surface area contributed by atoms with E-state index >= 15 is 0 Å². The van der Waals surface area contributed by atoms with Gasteiger partial charge in [-0.1, -0.05) is 12.1 Å². The van der Waals surface area contributed by atoms with Crippen LogP contribution in [0.1, 0.15) is 17.0 Å². The lowest BCUT2D eigenvalue weighted by molar-refractivity contribution is 0.280. The molecule has 0 saturated heterocycles. The summed E-state index contributed by atoms with van der Waals surface area (Å²) in [6.07, 6.45) is 0. The van der Waals surface area contributed by atoms with Gasteiger partial charge in [0.2, 0.25) is 0 Å². The third kappa shape index (κ3) is 3.71. The van der Waals surface area contributed by atoms with Crippen molar-refractivity contribution in [1.82, 2.24) is 10.3 Å². The summed E-state index contributed by atoms with van der Waals surface area (Å²) in [6, 6.07) is 11.8. The van der Waals surface area contributed by atoms with Crippen LogP contribution in [0.3, 0.4) is 0 Å². The van der Waals surface area contributed by atoms with Crippen LogP contribution >= 0.6 is 0 Å². The van der Waals surface area contributed by atoms with Crippen LogP contribution in [0.2, 0.25) is 0 Å². The molecule has 1 N–H and O–H groups in total. The number of methoxy groups -OCH3 is 1. The summed E-state index contributed by atoms with van der Waals surface area (Å²) in [7, 11) is 3.57. The summed E-state index contributed by atoms with van der Waals surface area (Å²) < 4.78 is 11.2. The van der Waals surface area contributed by atoms with Crippen LogP contribution in [0.4, 0.5) is 0 Å². The topological polar surface area (TPSA) is 43.4 Å². The van der Waals surface area contributed by atoms with E-state index in [0.717, 1.165) is 35.0 Å². The molecule has 0 bridgehead atoms. The Morgan fingerprint density at radius 2 is 2.00 bits per heavy atom. The van der Waals surface area contributed by atoms with Crippen LogP contribution in [0, 0.1) is 6.92 Å². The summed E-state index contributed by atoms with van der Waals surface area (Å²) in [5, 5.41) is 3.11. The maximum absolute atomic E-state index is 5.79. The first-order chi connectivity index (χ1) is 9.72. The predicted molar refractivity (Wildman–Crippen MR) is 79.1 cm³/mol. The lowest BCUT2D eigenvalue weighted by Crippen LogP contribution is -2.06. The van der Waals surface area contributed by atoms with Crippen LogP contribution in [0.15, 0.2) is 36.4 Å². The minimum atomic E-state index is 0.434. The van der Waals surface area contributed by atoms with Crippen molar-refractivity contribution in [2.75, 3.05) is 14.2 Å². The van der Waals surface area contributed by atoms with Crippen molar-refractivity contribution < 1.29 is 9.47 Å². The van der Waals surface area contributed by atoms with Gasteiger partial charge in [-0.2, -0.15) is 0 Å². The summed E-state index contributed by atoms with van der Waals surface area (Å²) in [6.45, 7) is 3.20. The number of benzene rings is 1. The maximum atomic E-state index is 5.79. The zero-order valence-corrected chi connectivity index (χ0v) is 12.1. The Morgan fingerprint density at radius 1 is 1.15 bits per heavy atom. The largest absolute Gasteiger partial charge is 0.493 e. The second-order valence-corrected chi connectivity index (χ2v) is 4.57. The highest BCUT2D eigenvalue weighted by atomic mass is 16.5. The van der Waals surface area contributed by atoms with Crippen molar-refractivity contribution in [3.8, 4) is 11.5 Å². The van der Waals surface area contributed by atoms with Gasteiger partial charge in [0, 0.05) is 12.2 Å². The van der Waals surface area contributed by atoms with E-state index in [9.17, 15) is 0 Å². The van der Waals surface area contributed by atoms with E-state index < -0.39 is 0 Å². The smallest absolute Gasteiger partial charge is 0.161 e. The van der Waals surface area contributed by atoms with Gasteiger partial charge in [-0.15, -0.1) is 0 Å². The van der Waals surface area contributed by atoms with Crippen LogP contribution < -0.4 is 14.8 Å². The molecule has 0 unspecified atom stereocenters. The average Bonchev–Trinajstić information content (AvgIpc) is 2.46. The number of aryl methyl sites for hydroxylation is 1. The molecule has 0 radical (unpaired) electrons. The zero-order valence-electron chi connectivity index (χ0n) is 12.1. The molecule has 0 atom stereocenters. The number of pyridine rings is 1. The van der Waals surface area contributed by atoms with E-state index in [4.69, 9.17) is 9.47 Å². The molecular weight excluding hydrogens is 252 g/mol. The Balaban J connectivity index is 2.09. The molecule has 0 spiro atoms. The molecule has 0 saturated carbocycles. The molecule has 1 aromatic carbocycles. The molecule has 0 fully saturated rings. The Hall–Kier alpha value is -2.07. The SMILES string of the molecule is CNCc1ccc(OCc2cccc(C)n2)c(OC)c1. The molecule has 0 aliphatic rings. The number of aromatic nitrogens is 1. The molecule has 2 aromatic rings. The zero-order chi connectivity index (χ0) is 14.4. The molecule has 0 aliphatic carbocycles.